The van der Waals surface area contributed by atoms with E-state index >= 15 is 0 Å². The number of aliphatic imine (C=N–C) groups is 1. The van der Waals surface area contributed by atoms with Gasteiger partial charge in [0.2, 0.25) is 5.95 Å². The topological polar surface area (TPSA) is 118 Å². The standard InChI is InChI=1S/C16H24N6O4S2/c1-9(28-27-4)25-10-5-12(26-11(10)6-23)22-8-17-13-14(22)19-16(20-15(13)24)18-7-21(2)3/h7-12,23H,5-6H2,1-4H3,(H,19,20,24)/t9-,10?,11-,12-/m1/s1. The minimum atomic E-state index is -0.458. The molecule has 1 fully saturated rings. The third-order valence-corrected chi connectivity index (χ3v) is 6.06. The van der Waals surface area contributed by atoms with Crippen molar-refractivity contribution in [2.75, 3.05) is 27.0 Å². The normalized spacial score (nSPS) is 23.7. The lowest BCUT2D eigenvalue weighted by molar-refractivity contribution is -0.0628. The van der Waals surface area contributed by atoms with Gasteiger partial charge in [-0.3, -0.25) is 14.3 Å². The number of fused-ring (bicyclic) bond motifs is 1. The van der Waals surface area contributed by atoms with Crippen LogP contribution in [0.25, 0.3) is 11.2 Å². The summed E-state index contributed by atoms with van der Waals surface area (Å²) in [4.78, 5) is 29.4. The number of imidazole rings is 1. The molecule has 0 aromatic carbocycles. The van der Waals surface area contributed by atoms with Crippen LogP contribution in [-0.2, 0) is 9.47 Å². The van der Waals surface area contributed by atoms with Crippen LogP contribution >= 0.6 is 21.6 Å². The summed E-state index contributed by atoms with van der Waals surface area (Å²) in [5, 5.41) is 9.68. The molecule has 0 bridgehead atoms. The van der Waals surface area contributed by atoms with Gasteiger partial charge in [0.1, 0.15) is 17.8 Å². The number of ether oxygens (including phenoxy) is 2. The number of H-pyrrole nitrogens is 1. The molecule has 10 nitrogen and oxygen atoms in total. The average Bonchev–Trinajstić information content (AvgIpc) is 3.24. The zero-order valence-electron chi connectivity index (χ0n) is 16.1. The van der Waals surface area contributed by atoms with Crippen LogP contribution < -0.4 is 5.56 Å². The average molecular weight is 429 g/mol. The van der Waals surface area contributed by atoms with Gasteiger partial charge >= 0.3 is 0 Å². The molecule has 0 radical (unpaired) electrons. The smallest absolute Gasteiger partial charge is 0.280 e. The molecule has 1 saturated heterocycles. The summed E-state index contributed by atoms with van der Waals surface area (Å²) in [6, 6.07) is 0. The van der Waals surface area contributed by atoms with Gasteiger partial charge in [0.15, 0.2) is 11.2 Å². The van der Waals surface area contributed by atoms with Crippen molar-refractivity contribution in [1.82, 2.24) is 24.4 Å². The predicted octanol–water partition coefficient (Wildman–Crippen LogP) is 1.36. The predicted molar refractivity (Wildman–Crippen MR) is 111 cm³/mol. The molecule has 0 saturated carbocycles. The molecule has 2 aromatic rings. The Kier molecular flexibility index (Phi) is 6.99. The highest BCUT2D eigenvalue weighted by atomic mass is 33.1. The first-order chi connectivity index (χ1) is 13.4. The number of rotatable bonds is 8. The lowest BCUT2D eigenvalue weighted by Crippen LogP contribution is -2.29. The fraction of sp³-hybridized carbons (Fsp3) is 0.625. The molecular formula is C16H24N6O4S2. The maximum absolute atomic E-state index is 12.3. The third-order valence-electron chi connectivity index (χ3n) is 4.10. The zero-order chi connectivity index (χ0) is 20.3. The van der Waals surface area contributed by atoms with E-state index in [9.17, 15) is 9.90 Å². The Morgan fingerprint density at radius 1 is 1.61 bits per heavy atom. The summed E-state index contributed by atoms with van der Waals surface area (Å²) in [5.41, 5.74) is 0.181. The molecule has 1 unspecified atom stereocenters. The summed E-state index contributed by atoms with van der Waals surface area (Å²) in [7, 11) is 6.87. The molecule has 2 aromatic heterocycles. The van der Waals surface area contributed by atoms with Gasteiger partial charge in [-0.2, -0.15) is 4.98 Å². The van der Waals surface area contributed by atoms with Crippen LogP contribution in [0.2, 0.25) is 0 Å². The van der Waals surface area contributed by atoms with Gasteiger partial charge in [-0.1, -0.05) is 21.6 Å². The summed E-state index contributed by atoms with van der Waals surface area (Å²) >= 11 is 0. The molecular weight excluding hydrogens is 404 g/mol. The van der Waals surface area contributed by atoms with Gasteiger partial charge in [-0.15, -0.1) is 0 Å². The number of aliphatic hydroxyl groups is 1. The number of aromatic amines is 1. The number of aromatic nitrogens is 4. The molecule has 154 valence electrons. The fourth-order valence-corrected chi connectivity index (χ4v) is 4.35. The van der Waals surface area contributed by atoms with Crippen LogP contribution in [0.3, 0.4) is 0 Å². The van der Waals surface area contributed by atoms with Crippen LogP contribution in [0.1, 0.15) is 19.6 Å². The first kappa shape index (κ1) is 21.1. The van der Waals surface area contributed by atoms with Crippen molar-refractivity contribution in [2.45, 2.75) is 37.2 Å². The van der Waals surface area contributed by atoms with E-state index in [-0.39, 0.29) is 35.2 Å². The van der Waals surface area contributed by atoms with E-state index < -0.39 is 12.3 Å². The van der Waals surface area contributed by atoms with Gasteiger partial charge < -0.3 is 19.5 Å². The van der Waals surface area contributed by atoms with E-state index in [2.05, 4.69) is 19.9 Å². The van der Waals surface area contributed by atoms with E-state index in [1.165, 1.54) is 6.33 Å². The van der Waals surface area contributed by atoms with Gasteiger partial charge in [-0.05, 0) is 13.2 Å². The number of hydrogen-bond acceptors (Lipinski definition) is 9. The van der Waals surface area contributed by atoms with Gasteiger partial charge in [-0.25, -0.2) is 9.98 Å². The lowest BCUT2D eigenvalue weighted by Gasteiger charge is -2.20. The number of nitrogens with zero attached hydrogens (tertiary/aromatic N) is 5. The molecule has 4 atom stereocenters. The van der Waals surface area contributed by atoms with Crippen molar-refractivity contribution < 1.29 is 14.6 Å². The third kappa shape index (κ3) is 4.69. The van der Waals surface area contributed by atoms with Crippen molar-refractivity contribution in [2.24, 2.45) is 4.99 Å². The minimum Gasteiger partial charge on any atom is -0.394 e. The number of nitrogens with one attached hydrogen (secondary N) is 1. The highest BCUT2D eigenvalue weighted by Gasteiger charge is 2.38. The van der Waals surface area contributed by atoms with Crippen LogP contribution in [0.4, 0.5) is 5.95 Å². The molecule has 12 heteroatoms. The van der Waals surface area contributed by atoms with E-state index in [1.54, 1.807) is 37.4 Å². The minimum absolute atomic E-state index is 0.0381. The second-order valence-corrected chi connectivity index (χ2v) is 9.24. The Balaban J connectivity index is 1.87. The zero-order valence-corrected chi connectivity index (χ0v) is 17.7. The molecule has 0 amide bonds. The maximum Gasteiger partial charge on any atom is 0.280 e. The van der Waals surface area contributed by atoms with Crippen molar-refractivity contribution in [3.8, 4) is 0 Å². The molecule has 2 N–H and O–H groups in total. The first-order valence-electron chi connectivity index (χ1n) is 8.71. The highest BCUT2D eigenvalue weighted by Crippen LogP contribution is 2.35. The molecule has 28 heavy (non-hydrogen) atoms. The Hall–Kier alpha value is -1.60. The SMILES string of the molecule is CSS[C@H](C)OC1C[C@H](n2cnc3c(=O)[nH]c(N=CN(C)C)nc32)O[C@@H]1CO. The second-order valence-electron chi connectivity index (χ2n) is 6.47. The molecule has 0 aliphatic carbocycles. The molecule has 3 rings (SSSR count). The van der Waals surface area contributed by atoms with E-state index in [1.807, 2.05) is 27.3 Å². The summed E-state index contributed by atoms with van der Waals surface area (Å²) in [5.74, 6) is 0.183. The summed E-state index contributed by atoms with van der Waals surface area (Å²) in [6.45, 7) is 1.81. The molecule has 0 spiro atoms. The van der Waals surface area contributed by atoms with E-state index in [4.69, 9.17) is 9.47 Å². The van der Waals surface area contributed by atoms with Crippen LogP contribution in [-0.4, -0.2) is 80.5 Å². The quantitative estimate of drug-likeness (QED) is 0.278. The summed E-state index contributed by atoms with van der Waals surface area (Å²) < 4.78 is 13.7. The van der Waals surface area contributed by atoms with Crippen molar-refractivity contribution >= 4 is 45.0 Å². The van der Waals surface area contributed by atoms with Gasteiger partial charge in [0.25, 0.3) is 5.56 Å². The Labute approximate surface area is 170 Å². The van der Waals surface area contributed by atoms with Gasteiger partial charge in [0.05, 0.1) is 25.4 Å². The molecule has 1 aliphatic rings. The number of hydrogen-bond donors (Lipinski definition) is 2. The maximum atomic E-state index is 12.3. The Morgan fingerprint density at radius 3 is 3.07 bits per heavy atom. The first-order valence-corrected chi connectivity index (χ1v) is 11.3. The van der Waals surface area contributed by atoms with Gasteiger partial charge in [0, 0.05) is 20.5 Å². The largest absolute Gasteiger partial charge is 0.394 e. The Morgan fingerprint density at radius 2 is 2.39 bits per heavy atom. The van der Waals surface area contributed by atoms with Crippen LogP contribution in [0, 0.1) is 0 Å². The highest BCUT2D eigenvalue weighted by molar-refractivity contribution is 8.76. The Bertz CT molecular complexity index is 886. The fourth-order valence-electron chi connectivity index (χ4n) is 2.94. The van der Waals surface area contributed by atoms with Crippen LogP contribution in [0.15, 0.2) is 16.1 Å². The second kappa shape index (κ2) is 9.27. The lowest BCUT2D eigenvalue weighted by atomic mass is 10.2. The monoisotopic (exact) mass is 428 g/mol. The number of aliphatic hydroxyl groups excluding tert-OH is 1. The molecule has 1 aliphatic heterocycles. The van der Waals surface area contributed by atoms with Crippen molar-refractivity contribution in [3.63, 3.8) is 0 Å². The van der Waals surface area contributed by atoms with Crippen molar-refractivity contribution in [3.05, 3.63) is 16.7 Å². The summed E-state index contributed by atoms with van der Waals surface area (Å²) in [6.07, 6.45) is 4.40. The van der Waals surface area contributed by atoms with E-state index in [0.717, 1.165) is 0 Å². The van der Waals surface area contributed by atoms with Crippen LogP contribution in [0.5, 0.6) is 0 Å². The van der Waals surface area contributed by atoms with E-state index in [0.29, 0.717) is 12.1 Å². The van der Waals surface area contributed by atoms with Crippen molar-refractivity contribution in [1.29, 1.82) is 0 Å². The molecule has 3 heterocycles.